The van der Waals surface area contributed by atoms with Crippen molar-refractivity contribution in [2.75, 3.05) is 68.3 Å². The highest BCUT2D eigenvalue weighted by molar-refractivity contribution is 7.97. The highest BCUT2D eigenvalue weighted by Gasteiger charge is 2.46. The summed E-state index contributed by atoms with van der Waals surface area (Å²) in [5.74, 6) is -0.919. The first-order valence-electron chi connectivity index (χ1n) is 20.3. The Labute approximate surface area is 354 Å². The van der Waals surface area contributed by atoms with E-state index in [1.165, 1.54) is 0 Å². The zero-order valence-electron chi connectivity index (χ0n) is 33.4. The number of nitrogens with one attached hydrogen (secondary N) is 4. The Morgan fingerprint density at radius 3 is 2.54 bits per heavy atom. The van der Waals surface area contributed by atoms with Crippen molar-refractivity contribution in [2.45, 2.75) is 37.8 Å². The zero-order chi connectivity index (χ0) is 42.3. The first kappa shape index (κ1) is 39.8. The molecule has 3 saturated heterocycles. The minimum Gasteiger partial charge on any atom is -0.369 e. The van der Waals surface area contributed by atoms with Crippen molar-refractivity contribution in [3.63, 3.8) is 0 Å². The summed E-state index contributed by atoms with van der Waals surface area (Å²) in [6, 6.07) is 15.6. The van der Waals surface area contributed by atoms with Gasteiger partial charge < -0.3 is 20.5 Å². The molecule has 0 saturated carbocycles. The number of piperazine rings is 1. The molecule has 2 aromatic carbocycles. The number of imide groups is 2. The topological polar surface area (TPSA) is 218 Å². The van der Waals surface area contributed by atoms with Crippen molar-refractivity contribution in [3.05, 3.63) is 83.8 Å². The van der Waals surface area contributed by atoms with Gasteiger partial charge in [-0.3, -0.25) is 43.8 Å². The Morgan fingerprint density at radius 2 is 1.79 bits per heavy atom. The van der Waals surface area contributed by atoms with Crippen molar-refractivity contribution >= 4 is 69.8 Å². The number of rotatable bonds is 13. The second-order valence-corrected chi connectivity index (χ2v) is 16.9. The summed E-state index contributed by atoms with van der Waals surface area (Å²) in [5, 5.41) is 23.6. The van der Waals surface area contributed by atoms with Crippen LogP contribution in [0.3, 0.4) is 0 Å². The average Bonchev–Trinajstić information content (AvgIpc) is 3.99. The number of benzene rings is 2. The van der Waals surface area contributed by atoms with Crippen LogP contribution < -0.4 is 20.9 Å². The molecule has 4 aliphatic heterocycles. The maximum atomic E-state index is 13.3. The SMILES string of the molecule is CCSN1CC(CC#N)(n2cc(-c3nc(Nc4ccc(C(=O)NCCN5CCN(c6ccc7c(c6)C(=O)N(C6CCC(=O)NC6=O)C7=O)CC5)cc4)nc4[nH]ccc34)cn2)C1. The lowest BCUT2D eigenvalue weighted by Gasteiger charge is -2.48. The van der Waals surface area contributed by atoms with Crippen LogP contribution in [-0.2, 0) is 15.1 Å². The Balaban J connectivity index is 0.767. The number of carbonyl (C=O) groups excluding carboxylic acids is 5. The quantitative estimate of drug-likeness (QED) is 0.0990. The Bertz CT molecular complexity index is 2590. The molecular weight excluding hydrogens is 799 g/mol. The summed E-state index contributed by atoms with van der Waals surface area (Å²) < 4.78 is 4.17. The van der Waals surface area contributed by atoms with Gasteiger partial charge in [0.2, 0.25) is 17.8 Å². The highest BCUT2D eigenvalue weighted by Crippen LogP contribution is 2.38. The van der Waals surface area contributed by atoms with Crippen LogP contribution in [0.5, 0.6) is 0 Å². The van der Waals surface area contributed by atoms with E-state index < -0.39 is 29.7 Å². The van der Waals surface area contributed by atoms with Crippen LogP contribution in [0.2, 0.25) is 0 Å². The Kier molecular flexibility index (Phi) is 10.7. The number of hydrogen-bond acceptors (Lipinski definition) is 14. The van der Waals surface area contributed by atoms with Crippen LogP contribution in [0.15, 0.2) is 67.1 Å². The third-order valence-corrected chi connectivity index (χ3v) is 12.6. The fraction of sp³-hybridized carbons (Fsp3) is 0.357. The van der Waals surface area contributed by atoms with E-state index in [0.29, 0.717) is 61.1 Å². The van der Waals surface area contributed by atoms with Gasteiger partial charge in [0, 0.05) is 105 Å². The third kappa shape index (κ3) is 7.69. The monoisotopic (exact) mass is 841 g/mol. The fourth-order valence-corrected chi connectivity index (χ4v) is 9.47. The number of nitrogens with zero attached hydrogens (tertiary/aromatic N) is 9. The molecule has 0 spiro atoms. The van der Waals surface area contributed by atoms with Crippen molar-refractivity contribution in [1.82, 2.24) is 49.5 Å². The van der Waals surface area contributed by atoms with Crippen LogP contribution in [0.1, 0.15) is 57.3 Å². The zero-order valence-corrected chi connectivity index (χ0v) is 34.2. The normalized spacial score (nSPS) is 19.1. The molecule has 4 N–H and O–H groups in total. The number of aromatic amines is 1. The van der Waals surface area contributed by atoms with Crippen molar-refractivity contribution in [3.8, 4) is 17.3 Å². The number of aromatic nitrogens is 5. The first-order chi connectivity index (χ1) is 29.6. The number of piperidine rings is 1. The molecular formula is C42H43N13O5S. The van der Waals surface area contributed by atoms with E-state index in [4.69, 9.17) is 4.98 Å². The van der Waals surface area contributed by atoms with Crippen LogP contribution >= 0.6 is 11.9 Å². The van der Waals surface area contributed by atoms with Crippen molar-refractivity contribution < 1.29 is 24.0 Å². The lowest BCUT2D eigenvalue weighted by atomic mass is 9.89. The smallest absolute Gasteiger partial charge is 0.262 e. The van der Waals surface area contributed by atoms with E-state index in [9.17, 15) is 29.2 Å². The molecule has 9 rings (SSSR count). The van der Waals surface area contributed by atoms with Crippen LogP contribution in [-0.4, -0.2) is 133 Å². The van der Waals surface area contributed by atoms with Gasteiger partial charge in [0.05, 0.1) is 35.5 Å². The van der Waals surface area contributed by atoms with Crippen molar-refractivity contribution in [2.24, 2.45) is 0 Å². The third-order valence-electron chi connectivity index (χ3n) is 11.7. The molecule has 5 aromatic rings. The molecule has 1 atom stereocenters. The van der Waals surface area contributed by atoms with Gasteiger partial charge in [0.15, 0.2) is 0 Å². The molecule has 7 heterocycles. The number of carbonyl (C=O) groups is 5. The second kappa shape index (κ2) is 16.4. The summed E-state index contributed by atoms with van der Waals surface area (Å²) >= 11 is 1.76. The molecule has 19 heteroatoms. The molecule has 1 unspecified atom stereocenters. The van der Waals surface area contributed by atoms with Crippen LogP contribution in [0.25, 0.3) is 22.3 Å². The molecule has 3 fully saturated rings. The minimum absolute atomic E-state index is 0.0698. The van der Waals surface area contributed by atoms with E-state index in [1.807, 2.05) is 41.3 Å². The van der Waals surface area contributed by atoms with E-state index >= 15 is 0 Å². The predicted molar refractivity (Wildman–Crippen MR) is 227 cm³/mol. The van der Waals surface area contributed by atoms with Gasteiger partial charge in [0.25, 0.3) is 17.7 Å². The van der Waals surface area contributed by atoms with Crippen molar-refractivity contribution in [1.29, 1.82) is 5.26 Å². The lowest BCUT2D eigenvalue weighted by Crippen LogP contribution is -2.60. The lowest BCUT2D eigenvalue weighted by molar-refractivity contribution is -0.136. The molecule has 3 aromatic heterocycles. The van der Waals surface area contributed by atoms with Gasteiger partial charge >= 0.3 is 0 Å². The van der Waals surface area contributed by atoms with E-state index in [0.717, 1.165) is 53.5 Å². The van der Waals surface area contributed by atoms with Gasteiger partial charge in [-0.15, -0.1) is 0 Å². The number of fused-ring (bicyclic) bond motifs is 2. The van der Waals surface area contributed by atoms with Crippen LogP contribution in [0, 0.1) is 11.3 Å². The summed E-state index contributed by atoms with van der Waals surface area (Å²) in [7, 11) is 0. The second-order valence-electron chi connectivity index (χ2n) is 15.5. The maximum Gasteiger partial charge on any atom is 0.262 e. The van der Waals surface area contributed by atoms with Gasteiger partial charge in [0.1, 0.15) is 17.2 Å². The van der Waals surface area contributed by atoms with E-state index in [-0.39, 0.29) is 35.4 Å². The maximum absolute atomic E-state index is 13.3. The summed E-state index contributed by atoms with van der Waals surface area (Å²) in [6.45, 7) is 7.57. The van der Waals surface area contributed by atoms with E-state index in [2.05, 4.69) is 58.1 Å². The first-order valence-corrected chi connectivity index (χ1v) is 21.2. The van der Waals surface area contributed by atoms with E-state index in [1.54, 1.807) is 42.4 Å². The summed E-state index contributed by atoms with van der Waals surface area (Å²) in [6.07, 6.45) is 6.11. The fourth-order valence-electron chi connectivity index (χ4n) is 8.44. The number of hydrogen-bond donors (Lipinski definition) is 4. The highest BCUT2D eigenvalue weighted by atomic mass is 32.2. The Morgan fingerprint density at radius 1 is 1.00 bits per heavy atom. The summed E-state index contributed by atoms with van der Waals surface area (Å²) in [4.78, 5) is 81.6. The molecule has 18 nitrogen and oxygen atoms in total. The molecule has 0 bridgehead atoms. The number of anilines is 3. The van der Waals surface area contributed by atoms with Crippen LogP contribution in [0.4, 0.5) is 17.3 Å². The van der Waals surface area contributed by atoms with Gasteiger partial charge in [-0.25, -0.2) is 9.29 Å². The molecule has 5 amide bonds. The summed E-state index contributed by atoms with van der Waals surface area (Å²) in [5.41, 5.74) is 4.37. The number of amides is 5. The van der Waals surface area contributed by atoms with Gasteiger partial charge in [-0.2, -0.15) is 15.3 Å². The Hall–Kier alpha value is -6.62. The molecule has 4 aliphatic rings. The predicted octanol–water partition coefficient (Wildman–Crippen LogP) is 3.11. The minimum atomic E-state index is -1.00. The van der Waals surface area contributed by atoms with Gasteiger partial charge in [-0.1, -0.05) is 18.9 Å². The average molecular weight is 842 g/mol. The standard InChI is InChI=1S/C42H43N13O5S/c1-2-61-53-24-42(25-53,12-13-43)54-23-27(22-46-54)35-31-11-14-44-36(31)50-41(49-35)47-28-5-3-26(4-6-28)37(57)45-15-16-51-17-19-52(20-18-51)29-7-8-30-32(21-29)40(60)55(39(30)59)33-9-10-34(56)48-38(33)58/h3-8,11,14,21-23,33H,2,9-10,12,15-20,24-25H2,1H3,(H,45,57)(H,48,56,58)(H2,44,47,49,50). The number of H-pyrrole nitrogens is 1. The number of nitriles is 1. The molecule has 61 heavy (non-hydrogen) atoms. The van der Waals surface area contributed by atoms with Gasteiger partial charge in [-0.05, 0) is 55.0 Å². The molecule has 312 valence electrons. The molecule has 0 aliphatic carbocycles. The largest absolute Gasteiger partial charge is 0.369 e. The molecule has 0 radical (unpaired) electrons.